The van der Waals surface area contributed by atoms with Crippen molar-refractivity contribution in [1.29, 1.82) is 0 Å². The Morgan fingerprint density at radius 1 is 1.00 bits per heavy atom. The summed E-state index contributed by atoms with van der Waals surface area (Å²) in [5, 5.41) is 14.4. The maximum absolute atomic E-state index is 13.3. The number of carbonyl (C=O) groups excluding carboxylic acids is 3. The second kappa shape index (κ2) is 10.9. The van der Waals surface area contributed by atoms with E-state index in [1.165, 1.54) is 7.11 Å². The van der Waals surface area contributed by atoms with Crippen LogP contribution in [-0.4, -0.2) is 65.9 Å². The number of rotatable bonds is 11. The fourth-order valence-corrected chi connectivity index (χ4v) is 3.58. The Kier molecular flexibility index (Phi) is 8.28. The lowest BCUT2D eigenvalue weighted by Gasteiger charge is -2.29. The van der Waals surface area contributed by atoms with Crippen molar-refractivity contribution in [1.82, 2.24) is 10.6 Å². The van der Waals surface area contributed by atoms with Gasteiger partial charge in [0.25, 0.3) is 5.91 Å². The molecule has 1 fully saturated rings. The quantitative estimate of drug-likeness (QED) is 0.390. The molecule has 0 spiro atoms. The molecular formula is C26H29F3N2O6. The highest BCUT2D eigenvalue weighted by atomic mass is 19.4. The Hall–Kier alpha value is -3.44. The first-order chi connectivity index (χ1) is 17.3. The molecular weight excluding hydrogens is 493 g/mol. The molecule has 37 heavy (non-hydrogen) atoms. The number of ether oxygens (including phenoxy) is 2. The highest BCUT2D eigenvalue weighted by molar-refractivity contribution is 5.98. The van der Waals surface area contributed by atoms with Gasteiger partial charge in [-0.15, -0.1) is 0 Å². The molecule has 1 aliphatic rings. The summed E-state index contributed by atoms with van der Waals surface area (Å²) in [4.78, 5) is 38.9. The molecule has 2 amide bonds. The van der Waals surface area contributed by atoms with Crippen LogP contribution in [0, 0.1) is 0 Å². The van der Waals surface area contributed by atoms with Crippen LogP contribution in [0.2, 0.25) is 0 Å². The van der Waals surface area contributed by atoms with Crippen molar-refractivity contribution in [2.45, 2.75) is 56.2 Å². The van der Waals surface area contributed by atoms with E-state index in [4.69, 9.17) is 9.47 Å². The molecule has 0 aromatic heterocycles. The van der Waals surface area contributed by atoms with Crippen molar-refractivity contribution in [3.8, 4) is 5.75 Å². The normalized spacial score (nSPS) is 20.2. The minimum atomic E-state index is -5.28. The van der Waals surface area contributed by atoms with Gasteiger partial charge in [-0.05, 0) is 43.5 Å². The van der Waals surface area contributed by atoms with Crippen LogP contribution in [0.15, 0.2) is 54.6 Å². The molecule has 4 atom stereocenters. The number of Topliss-reactive ketones (excluding diaryl/α,β-unsaturated/α-hetero) is 1. The van der Waals surface area contributed by atoms with Crippen molar-refractivity contribution in [3.05, 3.63) is 65.7 Å². The van der Waals surface area contributed by atoms with Crippen LogP contribution in [0.4, 0.5) is 13.2 Å². The van der Waals surface area contributed by atoms with Crippen LogP contribution in [0.1, 0.15) is 25.0 Å². The van der Waals surface area contributed by atoms with Crippen molar-refractivity contribution >= 4 is 17.6 Å². The summed E-state index contributed by atoms with van der Waals surface area (Å²) in [6.07, 6.45) is -5.38. The SMILES string of the molecule is COc1ccc(C[C@H](NC(=O)[C@@](C)(O)C(F)(F)F)C(=O)N[C@@H](Cc2ccccc2)C(=O)[C@@]2(C)CO2)cc1. The zero-order chi connectivity index (χ0) is 27.4. The molecule has 3 rings (SSSR count). The lowest BCUT2D eigenvalue weighted by molar-refractivity contribution is -0.245. The first-order valence-electron chi connectivity index (χ1n) is 11.5. The third kappa shape index (κ3) is 6.86. The van der Waals surface area contributed by atoms with Gasteiger partial charge in [0.15, 0.2) is 5.78 Å². The molecule has 8 nitrogen and oxygen atoms in total. The third-order valence-electron chi connectivity index (χ3n) is 6.23. The van der Waals surface area contributed by atoms with Crippen molar-refractivity contribution < 1.29 is 42.1 Å². The Morgan fingerprint density at radius 3 is 2.05 bits per heavy atom. The van der Waals surface area contributed by atoms with E-state index < -0.39 is 47.1 Å². The number of carbonyl (C=O) groups is 3. The molecule has 2 aromatic carbocycles. The van der Waals surface area contributed by atoms with Gasteiger partial charge in [0.05, 0.1) is 19.8 Å². The number of benzene rings is 2. The molecule has 3 N–H and O–H groups in total. The molecule has 0 aliphatic carbocycles. The number of hydrogen-bond acceptors (Lipinski definition) is 6. The molecule has 2 aromatic rings. The number of nitrogens with one attached hydrogen (secondary N) is 2. The van der Waals surface area contributed by atoms with E-state index in [1.807, 2.05) is 5.32 Å². The van der Waals surface area contributed by atoms with E-state index in [9.17, 15) is 32.7 Å². The van der Waals surface area contributed by atoms with Gasteiger partial charge in [-0.3, -0.25) is 14.4 Å². The van der Waals surface area contributed by atoms with Gasteiger partial charge in [0, 0.05) is 6.42 Å². The van der Waals surface area contributed by atoms with Crippen LogP contribution in [0.5, 0.6) is 5.75 Å². The van der Waals surface area contributed by atoms with Gasteiger partial charge < -0.3 is 25.2 Å². The smallest absolute Gasteiger partial charge is 0.426 e. The Morgan fingerprint density at radius 2 is 1.54 bits per heavy atom. The van der Waals surface area contributed by atoms with Gasteiger partial charge in [-0.1, -0.05) is 42.5 Å². The largest absolute Gasteiger partial charge is 0.497 e. The molecule has 0 radical (unpaired) electrons. The Bertz CT molecular complexity index is 1120. The highest BCUT2D eigenvalue weighted by Gasteiger charge is 2.56. The van der Waals surface area contributed by atoms with Gasteiger partial charge in [-0.2, -0.15) is 13.2 Å². The number of hydrogen-bond donors (Lipinski definition) is 3. The van der Waals surface area contributed by atoms with E-state index in [0.29, 0.717) is 18.2 Å². The van der Waals surface area contributed by atoms with Crippen molar-refractivity contribution in [2.24, 2.45) is 0 Å². The highest BCUT2D eigenvalue weighted by Crippen LogP contribution is 2.31. The summed E-state index contributed by atoms with van der Waals surface area (Å²) in [7, 11) is 1.46. The second-order valence-electron chi connectivity index (χ2n) is 9.28. The van der Waals surface area contributed by atoms with Gasteiger partial charge in [0.1, 0.15) is 17.4 Å². The number of epoxide rings is 1. The third-order valence-corrected chi connectivity index (χ3v) is 6.23. The fraction of sp³-hybridized carbons (Fsp3) is 0.423. The summed E-state index contributed by atoms with van der Waals surface area (Å²) in [6, 6.07) is 12.6. The number of alkyl halides is 3. The number of halogens is 3. The summed E-state index contributed by atoms with van der Waals surface area (Å²) in [5.74, 6) is -2.57. The first-order valence-corrected chi connectivity index (χ1v) is 11.5. The molecule has 1 aliphatic heterocycles. The van der Waals surface area contributed by atoms with Crippen LogP contribution in [-0.2, 0) is 32.0 Å². The topological polar surface area (TPSA) is 117 Å². The Balaban J connectivity index is 1.86. The number of ketones is 1. The molecule has 0 saturated carbocycles. The molecule has 1 heterocycles. The summed E-state index contributed by atoms with van der Waals surface area (Å²) >= 11 is 0. The van der Waals surface area contributed by atoms with Gasteiger partial charge in [-0.25, -0.2) is 0 Å². The lowest BCUT2D eigenvalue weighted by atomic mass is 9.94. The molecule has 0 bridgehead atoms. The summed E-state index contributed by atoms with van der Waals surface area (Å²) in [6.45, 7) is 2.06. The van der Waals surface area contributed by atoms with Crippen LogP contribution in [0.3, 0.4) is 0 Å². The fourth-order valence-electron chi connectivity index (χ4n) is 3.58. The summed E-state index contributed by atoms with van der Waals surface area (Å²) < 4.78 is 50.1. The molecule has 11 heteroatoms. The van der Waals surface area contributed by atoms with Crippen LogP contribution < -0.4 is 15.4 Å². The van der Waals surface area contributed by atoms with Crippen molar-refractivity contribution in [2.75, 3.05) is 13.7 Å². The minimum Gasteiger partial charge on any atom is -0.497 e. The predicted octanol–water partition coefficient (Wildman–Crippen LogP) is 2.12. The average Bonchev–Trinajstić information content (AvgIpc) is 3.61. The zero-order valence-corrected chi connectivity index (χ0v) is 20.6. The van der Waals surface area contributed by atoms with Gasteiger partial charge >= 0.3 is 6.18 Å². The number of methoxy groups -OCH3 is 1. The van der Waals surface area contributed by atoms with Gasteiger partial charge in [0.2, 0.25) is 11.5 Å². The predicted molar refractivity (Wildman–Crippen MR) is 127 cm³/mol. The maximum atomic E-state index is 13.3. The van der Waals surface area contributed by atoms with E-state index in [2.05, 4.69) is 5.32 Å². The number of amides is 2. The van der Waals surface area contributed by atoms with Crippen LogP contribution >= 0.6 is 0 Å². The first kappa shape index (κ1) is 28.1. The van der Waals surface area contributed by atoms with E-state index in [1.54, 1.807) is 61.5 Å². The average molecular weight is 523 g/mol. The number of aliphatic hydroxyl groups is 1. The maximum Gasteiger partial charge on any atom is 0.426 e. The van der Waals surface area contributed by atoms with Crippen LogP contribution in [0.25, 0.3) is 0 Å². The second-order valence-corrected chi connectivity index (χ2v) is 9.28. The summed E-state index contributed by atoms with van der Waals surface area (Å²) in [5.41, 5.74) is -3.58. The Labute approximate surface area is 212 Å². The molecule has 1 saturated heterocycles. The monoisotopic (exact) mass is 522 g/mol. The molecule has 200 valence electrons. The minimum absolute atomic E-state index is 0.105. The van der Waals surface area contributed by atoms with E-state index in [0.717, 1.165) is 5.56 Å². The zero-order valence-electron chi connectivity index (χ0n) is 20.6. The lowest BCUT2D eigenvalue weighted by Crippen LogP contribution is -2.61. The van der Waals surface area contributed by atoms with E-state index in [-0.39, 0.29) is 19.4 Å². The standard InChI is InChI=1S/C26H29F3N2O6/c1-24(15-37-24)21(32)19(13-16-7-5-4-6-8-16)30-22(33)20(14-17-9-11-18(36-3)12-10-17)31-23(34)25(2,35)26(27,28)29/h4-12,19-20,35H,13-15H2,1-3H3,(H,30,33)(H,31,34)/t19-,20-,24+,25+/m0/s1. The molecule has 0 unspecified atom stereocenters. The van der Waals surface area contributed by atoms with Crippen molar-refractivity contribution in [3.63, 3.8) is 0 Å². The van der Waals surface area contributed by atoms with E-state index >= 15 is 0 Å².